The molecular weight excluding hydrogens is 300 g/mol. The zero-order valence-corrected chi connectivity index (χ0v) is 13.0. The van der Waals surface area contributed by atoms with Crippen LogP contribution in [-0.4, -0.2) is 47.7 Å². The summed E-state index contributed by atoms with van der Waals surface area (Å²) in [5.74, 6) is -0.186. The third kappa shape index (κ3) is 4.13. The van der Waals surface area contributed by atoms with Gasteiger partial charge < -0.3 is 30.3 Å². The first-order chi connectivity index (χ1) is 10.9. The van der Waals surface area contributed by atoms with Crippen molar-refractivity contribution in [3.8, 4) is 17.0 Å². The van der Waals surface area contributed by atoms with E-state index in [0.717, 1.165) is 6.54 Å². The minimum Gasteiger partial charge on any atom is -0.612 e. The standard InChI is InChI=1S/C15H19N4O4/c1-17(2)8-6-16-15(21)10-18-7-5-14(20)12-4-3-11(19(22)23)9-13(12)18/h3-5,7,9H,6,8,10H2,1-2H3,(H2-,16,20,21,22,23)/q-1. The molecule has 0 saturated carbocycles. The second-order valence-corrected chi connectivity index (χ2v) is 5.44. The molecule has 0 atom stereocenters. The van der Waals surface area contributed by atoms with E-state index in [4.69, 9.17) is 0 Å². The SMILES string of the molecule is CN(C)CCNC(=O)Cn1ccc(O)c2ccc(=[N+]([O-])[O-])cc1-2. The van der Waals surface area contributed by atoms with Crippen LogP contribution in [0.25, 0.3) is 11.3 Å². The Morgan fingerprint density at radius 1 is 1.35 bits per heavy atom. The second-order valence-electron chi connectivity index (χ2n) is 5.44. The Kier molecular flexibility index (Phi) is 5.07. The number of carbonyl (C=O) groups excluding carboxylic acids is 1. The van der Waals surface area contributed by atoms with Gasteiger partial charge in [-0.25, -0.2) is 0 Å². The number of aromatic nitrogens is 1. The van der Waals surface area contributed by atoms with Crippen LogP contribution in [0.15, 0.2) is 30.5 Å². The fraction of sp³-hybridized carbons (Fsp3) is 0.333. The number of pyridine rings is 1. The summed E-state index contributed by atoms with van der Waals surface area (Å²) in [6, 6.07) is 5.61. The van der Waals surface area contributed by atoms with Gasteiger partial charge in [0, 0.05) is 37.0 Å². The van der Waals surface area contributed by atoms with Crippen LogP contribution in [0.2, 0.25) is 0 Å². The second kappa shape index (κ2) is 7.01. The van der Waals surface area contributed by atoms with Crippen LogP contribution in [0.4, 0.5) is 0 Å². The Labute approximate surface area is 133 Å². The number of fused-ring (bicyclic) bond motifs is 1. The molecule has 2 rings (SSSR count). The van der Waals surface area contributed by atoms with E-state index in [9.17, 15) is 20.3 Å². The van der Waals surface area contributed by atoms with Crippen molar-refractivity contribution in [1.82, 2.24) is 19.7 Å². The maximum Gasteiger partial charge on any atom is 0.239 e. The van der Waals surface area contributed by atoms with Crippen molar-refractivity contribution in [2.24, 2.45) is 0 Å². The van der Waals surface area contributed by atoms with E-state index in [1.165, 1.54) is 30.5 Å². The summed E-state index contributed by atoms with van der Waals surface area (Å²) >= 11 is 0. The van der Waals surface area contributed by atoms with Gasteiger partial charge in [-0.15, -0.1) is 0 Å². The minimum absolute atomic E-state index is 0.0131. The van der Waals surface area contributed by atoms with Gasteiger partial charge in [-0.3, -0.25) is 4.79 Å². The maximum absolute atomic E-state index is 12.0. The average molecular weight is 319 g/mol. The van der Waals surface area contributed by atoms with Crippen molar-refractivity contribution in [2.75, 3.05) is 27.2 Å². The summed E-state index contributed by atoms with van der Waals surface area (Å²) in [6.07, 6.45) is 1.53. The Hall–Kier alpha value is -2.74. The highest BCUT2D eigenvalue weighted by molar-refractivity contribution is 5.77. The summed E-state index contributed by atoms with van der Waals surface area (Å²) < 4.78 is 1.58. The van der Waals surface area contributed by atoms with Crippen LogP contribution in [0.1, 0.15) is 0 Å². The number of nitrogens with one attached hydrogen (secondary N) is 1. The molecule has 0 aromatic rings. The van der Waals surface area contributed by atoms with E-state index in [0.29, 0.717) is 17.8 Å². The number of likely N-dealkylation sites (N-methyl/N-ethyl adjacent to an activating group) is 1. The number of hydrogen-bond acceptors (Lipinski definition) is 5. The highest BCUT2D eigenvalue weighted by atomic mass is 16.8. The Morgan fingerprint density at radius 3 is 2.74 bits per heavy atom. The van der Waals surface area contributed by atoms with Crippen molar-refractivity contribution < 1.29 is 9.90 Å². The number of hydrogen-bond donors (Lipinski definition) is 2. The first kappa shape index (κ1) is 16.6. The number of aromatic hydroxyl groups is 1. The highest BCUT2D eigenvalue weighted by Gasteiger charge is 2.14. The number of nitrogens with zero attached hydrogens (tertiary/aromatic N) is 3. The average Bonchev–Trinajstić information content (AvgIpc) is 2.49. The van der Waals surface area contributed by atoms with Gasteiger partial charge in [-0.2, -0.15) is 4.90 Å². The summed E-state index contributed by atoms with van der Waals surface area (Å²) in [6.45, 7) is 1.26. The Morgan fingerprint density at radius 2 is 2.09 bits per heavy atom. The molecule has 0 radical (unpaired) electrons. The predicted molar refractivity (Wildman–Crippen MR) is 86.3 cm³/mol. The smallest absolute Gasteiger partial charge is 0.239 e. The predicted octanol–water partition coefficient (Wildman–Crippen LogP) is -0.256. The summed E-state index contributed by atoms with van der Waals surface area (Å²) in [4.78, 5) is 13.4. The normalized spacial score (nSPS) is 10.9. The quantitative estimate of drug-likeness (QED) is 0.739. The van der Waals surface area contributed by atoms with Crippen molar-refractivity contribution in [1.29, 1.82) is 0 Å². The summed E-state index contributed by atoms with van der Waals surface area (Å²) in [5, 5.41) is 34.4. The van der Waals surface area contributed by atoms with Gasteiger partial charge >= 0.3 is 0 Å². The molecule has 2 aliphatic rings. The molecule has 1 heterocycles. The molecule has 0 bridgehead atoms. The molecule has 23 heavy (non-hydrogen) atoms. The molecule has 1 aliphatic heterocycles. The summed E-state index contributed by atoms with van der Waals surface area (Å²) in [5.41, 5.74) is 0.890. The van der Waals surface area contributed by atoms with Crippen LogP contribution < -0.4 is 15.6 Å². The fourth-order valence-corrected chi connectivity index (χ4v) is 2.19. The minimum atomic E-state index is -0.509. The molecule has 0 aromatic heterocycles. The van der Waals surface area contributed by atoms with E-state index in [-0.39, 0.29) is 23.6 Å². The highest BCUT2D eigenvalue weighted by Crippen LogP contribution is 2.29. The van der Waals surface area contributed by atoms with Crippen molar-refractivity contribution >= 4 is 5.91 Å². The molecule has 0 unspecified atom stereocenters. The Bertz CT molecular complexity index is 735. The van der Waals surface area contributed by atoms with Crippen LogP contribution in [-0.2, 0) is 11.3 Å². The lowest BCUT2D eigenvalue weighted by molar-refractivity contribution is -0.121. The lowest BCUT2D eigenvalue weighted by Gasteiger charge is -2.17. The molecule has 8 heteroatoms. The lowest BCUT2D eigenvalue weighted by atomic mass is 10.1. The molecule has 0 saturated heterocycles. The number of rotatable bonds is 5. The van der Waals surface area contributed by atoms with Crippen LogP contribution in [0, 0.1) is 10.4 Å². The van der Waals surface area contributed by atoms with Crippen molar-refractivity contribution in [2.45, 2.75) is 6.54 Å². The topological polar surface area (TPSA) is 107 Å². The zero-order chi connectivity index (χ0) is 17.0. The zero-order valence-electron chi connectivity index (χ0n) is 13.0. The lowest BCUT2D eigenvalue weighted by Crippen LogP contribution is -2.34. The molecule has 0 aromatic carbocycles. The molecule has 2 N–H and O–H groups in total. The molecule has 0 spiro atoms. The third-order valence-electron chi connectivity index (χ3n) is 3.39. The molecular formula is C15H19N4O4-. The van der Waals surface area contributed by atoms with E-state index in [1.54, 1.807) is 4.57 Å². The van der Waals surface area contributed by atoms with E-state index in [2.05, 4.69) is 5.32 Å². The largest absolute Gasteiger partial charge is 0.612 e. The number of amides is 1. The molecule has 124 valence electrons. The van der Waals surface area contributed by atoms with Crippen molar-refractivity contribution in [3.05, 3.63) is 46.2 Å². The summed E-state index contributed by atoms with van der Waals surface area (Å²) in [7, 11) is 3.82. The van der Waals surface area contributed by atoms with Crippen LogP contribution in [0.3, 0.4) is 0 Å². The first-order valence-electron chi connectivity index (χ1n) is 7.09. The van der Waals surface area contributed by atoms with Crippen LogP contribution >= 0.6 is 0 Å². The fourth-order valence-electron chi connectivity index (χ4n) is 2.19. The van der Waals surface area contributed by atoms with Crippen LogP contribution in [0.5, 0.6) is 5.75 Å². The Balaban J connectivity index is 2.27. The van der Waals surface area contributed by atoms with Crippen molar-refractivity contribution in [3.63, 3.8) is 0 Å². The maximum atomic E-state index is 12.0. The molecule has 1 amide bonds. The number of benzene rings is 1. The van der Waals surface area contributed by atoms with Gasteiger partial charge in [0.1, 0.15) is 12.3 Å². The van der Waals surface area contributed by atoms with Gasteiger partial charge in [-0.1, -0.05) is 0 Å². The molecule has 8 nitrogen and oxygen atoms in total. The first-order valence-corrected chi connectivity index (χ1v) is 7.09. The van der Waals surface area contributed by atoms with Gasteiger partial charge in [0.15, 0.2) is 0 Å². The van der Waals surface area contributed by atoms with Gasteiger partial charge in [0.25, 0.3) is 0 Å². The van der Waals surface area contributed by atoms with E-state index in [1.807, 2.05) is 19.0 Å². The van der Waals surface area contributed by atoms with Gasteiger partial charge in [0.2, 0.25) is 11.3 Å². The third-order valence-corrected chi connectivity index (χ3v) is 3.39. The monoisotopic (exact) mass is 319 g/mol. The van der Waals surface area contributed by atoms with Gasteiger partial charge in [0.05, 0.1) is 5.69 Å². The number of carbonyl (C=O) groups is 1. The van der Waals surface area contributed by atoms with Gasteiger partial charge in [-0.05, 0) is 26.2 Å². The molecule has 0 fully saturated rings. The van der Waals surface area contributed by atoms with E-state index >= 15 is 0 Å². The van der Waals surface area contributed by atoms with E-state index < -0.39 is 4.90 Å². The molecule has 1 aliphatic carbocycles.